The standard InChI is InChI=1S/C21H25NO4S/c1-21(2,3)25-20(24)26-22-11-10-18(23)19(13-22)27-14-15-8-9-16-6-4-5-7-17(16)12-15/h4-9,12,19H,10-11,13-14H2,1-3H3. The highest BCUT2D eigenvalue weighted by Crippen LogP contribution is 2.26. The highest BCUT2D eigenvalue weighted by Gasteiger charge is 2.31. The van der Waals surface area contributed by atoms with Crippen LogP contribution in [0.3, 0.4) is 0 Å². The minimum atomic E-state index is -0.727. The molecule has 1 heterocycles. The van der Waals surface area contributed by atoms with E-state index in [4.69, 9.17) is 9.57 Å². The fraction of sp³-hybridized carbons (Fsp3) is 0.429. The predicted molar refractivity (Wildman–Crippen MR) is 108 cm³/mol. The van der Waals surface area contributed by atoms with Gasteiger partial charge in [0, 0.05) is 18.7 Å². The van der Waals surface area contributed by atoms with E-state index in [-0.39, 0.29) is 11.0 Å². The minimum absolute atomic E-state index is 0.199. The van der Waals surface area contributed by atoms with Crippen LogP contribution >= 0.6 is 11.8 Å². The lowest BCUT2D eigenvalue weighted by atomic mass is 10.1. The number of hydrogen-bond acceptors (Lipinski definition) is 6. The fourth-order valence-corrected chi connectivity index (χ4v) is 4.05. The first-order chi connectivity index (χ1) is 12.8. The molecule has 0 aromatic heterocycles. The lowest BCUT2D eigenvalue weighted by Gasteiger charge is -2.30. The maximum absolute atomic E-state index is 12.3. The third-order valence-corrected chi connectivity index (χ3v) is 5.51. The van der Waals surface area contributed by atoms with Gasteiger partial charge in [-0.25, -0.2) is 4.79 Å². The van der Waals surface area contributed by atoms with Crippen LogP contribution in [-0.4, -0.2) is 40.9 Å². The van der Waals surface area contributed by atoms with Gasteiger partial charge in [-0.3, -0.25) is 4.79 Å². The molecule has 3 rings (SSSR count). The average Bonchev–Trinajstić information content (AvgIpc) is 2.60. The summed E-state index contributed by atoms with van der Waals surface area (Å²) >= 11 is 1.59. The fourth-order valence-electron chi connectivity index (χ4n) is 2.90. The zero-order valence-electron chi connectivity index (χ0n) is 15.9. The number of hydrogen-bond donors (Lipinski definition) is 0. The number of ether oxygens (including phenoxy) is 1. The van der Waals surface area contributed by atoms with E-state index in [2.05, 4.69) is 30.3 Å². The third-order valence-electron chi connectivity index (χ3n) is 4.19. The molecular formula is C21H25NO4S. The summed E-state index contributed by atoms with van der Waals surface area (Å²) in [6.45, 7) is 6.16. The molecule has 2 aromatic carbocycles. The maximum atomic E-state index is 12.3. The molecule has 0 radical (unpaired) electrons. The van der Waals surface area contributed by atoms with Crippen molar-refractivity contribution in [3.8, 4) is 0 Å². The highest BCUT2D eigenvalue weighted by molar-refractivity contribution is 7.99. The van der Waals surface area contributed by atoms with Crippen molar-refractivity contribution in [3.63, 3.8) is 0 Å². The quantitative estimate of drug-likeness (QED) is 0.716. The number of fused-ring (bicyclic) bond motifs is 1. The van der Waals surface area contributed by atoms with Crippen molar-refractivity contribution in [1.29, 1.82) is 0 Å². The molecule has 1 atom stereocenters. The van der Waals surface area contributed by atoms with E-state index in [1.54, 1.807) is 32.5 Å². The molecule has 0 spiro atoms. The van der Waals surface area contributed by atoms with Crippen LogP contribution in [0.25, 0.3) is 10.8 Å². The highest BCUT2D eigenvalue weighted by atomic mass is 32.2. The number of benzene rings is 2. The second-order valence-electron chi connectivity index (χ2n) is 7.64. The van der Waals surface area contributed by atoms with Crippen LogP contribution in [0.4, 0.5) is 4.79 Å². The summed E-state index contributed by atoms with van der Waals surface area (Å²) in [5.41, 5.74) is 0.573. The van der Waals surface area contributed by atoms with Crippen LogP contribution in [0.5, 0.6) is 0 Å². The van der Waals surface area contributed by atoms with Crippen LogP contribution in [-0.2, 0) is 20.1 Å². The van der Waals surface area contributed by atoms with Gasteiger partial charge in [-0.15, -0.1) is 16.8 Å². The number of thioether (sulfide) groups is 1. The van der Waals surface area contributed by atoms with E-state index < -0.39 is 11.8 Å². The van der Waals surface area contributed by atoms with Crippen molar-refractivity contribution in [3.05, 3.63) is 48.0 Å². The number of carbonyl (C=O) groups is 2. The lowest BCUT2D eigenvalue weighted by Crippen LogP contribution is -2.44. The number of piperidine rings is 1. The summed E-state index contributed by atoms with van der Waals surface area (Å²) in [6, 6.07) is 14.6. The Morgan fingerprint density at radius 3 is 2.67 bits per heavy atom. The van der Waals surface area contributed by atoms with Gasteiger partial charge in [0.25, 0.3) is 0 Å². The van der Waals surface area contributed by atoms with Crippen LogP contribution in [0.1, 0.15) is 32.8 Å². The molecule has 0 amide bonds. The van der Waals surface area contributed by atoms with E-state index in [0.29, 0.717) is 19.5 Å². The van der Waals surface area contributed by atoms with Crippen molar-refractivity contribution in [2.45, 2.75) is 43.8 Å². The van der Waals surface area contributed by atoms with Gasteiger partial charge >= 0.3 is 6.16 Å². The Morgan fingerprint density at radius 2 is 1.93 bits per heavy atom. The van der Waals surface area contributed by atoms with Gasteiger partial charge in [-0.1, -0.05) is 42.5 Å². The summed E-state index contributed by atoms with van der Waals surface area (Å²) in [6.07, 6.45) is -0.354. The van der Waals surface area contributed by atoms with Gasteiger partial charge in [-0.05, 0) is 37.1 Å². The second kappa shape index (κ2) is 8.31. The first kappa shape index (κ1) is 19.7. The Balaban J connectivity index is 1.56. The van der Waals surface area contributed by atoms with E-state index >= 15 is 0 Å². The van der Waals surface area contributed by atoms with Gasteiger partial charge in [0.15, 0.2) is 0 Å². The molecular weight excluding hydrogens is 362 g/mol. The summed E-state index contributed by atoms with van der Waals surface area (Å²) in [7, 11) is 0. The molecule has 1 saturated heterocycles. The van der Waals surface area contributed by atoms with Gasteiger partial charge < -0.3 is 9.57 Å². The van der Waals surface area contributed by atoms with Gasteiger partial charge in [-0.2, -0.15) is 0 Å². The van der Waals surface area contributed by atoms with Crippen molar-refractivity contribution in [2.24, 2.45) is 0 Å². The molecule has 144 valence electrons. The summed E-state index contributed by atoms with van der Waals surface area (Å²) in [4.78, 5) is 29.4. The SMILES string of the molecule is CC(C)(C)OC(=O)ON1CCC(=O)C(SCc2ccc3ccccc3c2)C1. The van der Waals surface area contributed by atoms with Crippen molar-refractivity contribution in [2.75, 3.05) is 13.1 Å². The normalized spacial score (nSPS) is 18.5. The van der Waals surface area contributed by atoms with E-state index in [0.717, 1.165) is 5.75 Å². The molecule has 0 aliphatic carbocycles. The maximum Gasteiger partial charge on any atom is 0.528 e. The zero-order valence-corrected chi connectivity index (χ0v) is 16.8. The Morgan fingerprint density at radius 1 is 1.19 bits per heavy atom. The van der Waals surface area contributed by atoms with E-state index in [9.17, 15) is 9.59 Å². The predicted octanol–water partition coefficient (Wildman–Crippen LogP) is 4.58. The number of nitrogens with zero attached hydrogens (tertiary/aromatic N) is 1. The third kappa shape index (κ3) is 5.71. The molecule has 1 aliphatic rings. The number of Topliss-reactive ketones (excluding diaryl/α,β-unsaturated/α-hetero) is 1. The number of ketones is 1. The number of rotatable bonds is 4. The molecule has 1 unspecified atom stereocenters. The van der Waals surface area contributed by atoms with E-state index in [1.165, 1.54) is 21.4 Å². The molecule has 0 bridgehead atoms. The average molecular weight is 388 g/mol. The smallest absolute Gasteiger partial charge is 0.427 e. The zero-order chi connectivity index (χ0) is 19.4. The van der Waals surface area contributed by atoms with Crippen LogP contribution < -0.4 is 0 Å². The molecule has 27 heavy (non-hydrogen) atoms. The topological polar surface area (TPSA) is 55.8 Å². The van der Waals surface area contributed by atoms with Crippen LogP contribution in [0.15, 0.2) is 42.5 Å². The molecule has 6 heteroatoms. The first-order valence-electron chi connectivity index (χ1n) is 9.08. The Hall–Kier alpha value is -2.05. The van der Waals surface area contributed by atoms with Crippen molar-refractivity contribution in [1.82, 2.24) is 5.06 Å². The molecule has 1 fully saturated rings. The van der Waals surface area contributed by atoms with Crippen LogP contribution in [0.2, 0.25) is 0 Å². The Bertz CT molecular complexity index is 830. The summed E-state index contributed by atoms with van der Waals surface area (Å²) in [5.74, 6) is 0.937. The van der Waals surface area contributed by atoms with Gasteiger partial charge in [0.1, 0.15) is 11.4 Å². The largest absolute Gasteiger partial charge is 0.528 e. The second-order valence-corrected chi connectivity index (χ2v) is 8.83. The number of hydroxylamine groups is 2. The van der Waals surface area contributed by atoms with Crippen molar-refractivity contribution < 1.29 is 19.2 Å². The Labute approximate surface area is 164 Å². The Kier molecular flexibility index (Phi) is 6.07. The summed E-state index contributed by atoms with van der Waals surface area (Å²) < 4.78 is 5.18. The molecule has 0 saturated carbocycles. The molecule has 5 nitrogen and oxygen atoms in total. The first-order valence-corrected chi connectivity index (χ1v) is 10.1. The van der Waals surface area contributed by atoms with E-state index in [1.807, 2.05) is 12.1 Å². The molecule has 0 N–H and O–H groups in total. The monoisotopic (exact) mass is 387 g/mol. The minimum Gasteiger partial charge on any atom is -0.427 e. The van der Waals surface area contributed by atoms with Crippen molar-refractivity contribution >= 4 is 34.5 Å². The lowest BCUT2D eigenvalue weighted by molar-refractivity contribution is -0.157. The van der Waals surface area contributed by atoms with Gasteiger partial charge in [0.2, 0.25) is 0 Å². The molecule has 2 aromatic rings. The molecule has 1 aliphatic heterocycles. The number of carbonyl (C=O) groups excluding carboxylic acids is 2. The summed E-state index contributed by atoms with van der Waals surface area (Å²) in [5, 5.41) is 3.72. The van der Waals surface area contributed by atoms with Crippen LogP contribution in [0, 0.1) is 0 Å². The van der Waals surface area contributed by atoms with Gasteiger partial charge in [0.05, 0.1) is 11.8 Å².